The van der Waals surface area contributed by atoms with Crippen LogP contribution in [-0.2, 0) is 13.0 Å². The van der Waals surface area contributed by atoms with Gasteiger partial charge in [-0.15, -0.1) is 0 Å². The molecule has 0 saturated carbocycles. The number of nitrogen functional groups attached to an aromatic ring is 1. The van der Waals surface area contributed by atoms with Gasteiger partial charge < -0.3 is 11.1 Å². The summed E-state index contributed by atoms with van der Waals surface area (Å²) in [6.45, 7) is 2.97. The van der Waals surface area contributed by atoms with E-state index >= 15 is 0 Å². The Morgan fingerprint density at radius 2 is 1.94 bits per heavy atom. The number of nitrogens with two attached hydrogens (primary N) is 1. The Balaban J connectivity index is 2.07. The van der Waals surface area contributed by atoms with E-state index in [9.17, 15) is 0 Å². The van der Waals surface area contributed by atoms with E-state index in [1.54, 1.807) is 12.4 Å². The number of hydrogen-bond acceptors (Lipinski definition) is 3. The second kappa shape index (κ2) is 5.34. The molecule has 0 unspecified atom stereocenters. The highest BCUT2D eigenvalue weighted by Gasteiger charge is 1.99. The van der Waals surface area contributed by atoms with E-state index < -0.39 is 0 Å². The first-order valence-corrected chi connectivity index (χ1v) is 5.80. The Kier molecular flexibility index (Phi) is 3.60. The summed E-state index contributed by atoms with van der Waals surface area (Å²) in [6, 6.07) is 10.3. The molecule has 1 aromatic carbocycles. The van der Waals surface area contributed by atoms with Crippen molar-refractivity contribution >= 4 is 11.4 Å². The molecule has 3 N–H and O–H groups in total. The van der Waals surface area contributed by atoms with Gasteiger partial charge in [-0.2, -0.15) is 0 Å². The largest absolute Gasteiger partial charge is 0.397 e. The van der Waals surface area contributed by atoms with Crippen LogP contribution in [0.4, 0.5) is 11.4 Å². The van der Waals surface area contributed by atoms with Gasteiger partial charge in [-0.3, -0.25) is 4.98 Å². The van der Waals surface area contributed by atoms with Crippen LogP contribution in [0.3, 0.4) is 0 Å². The maximum atomic E-state index is 5.68. The third kappa shape index (κ3) is 2.97. The number of benzene rings is 1. The molecule has 17 heavy (non-hydrogen) atoms. The predicted molar refractivity (Wildman–Crippen MR) is 71.8 cm³/mol. The molecule has 1 heterocycles. The van der Waals surface area contributed by atoms with Gasteiger partial charge >= 0.3 is 0 Å². The molecule has 3 heteroatoms. The average Bonchev–Trinajstić information content (AvgIpc) is 2.37. The SMILES string of the molecule is CCc1ccccc1CNc1cncc(N)c1. The van der Waals surface area contributed by atoms with E-state index in [4.69, 9.17) is 5.73 Å². The third-order valence-corrected chi connectivity index (χ3v) is 2.74. The van der Waals surface area contributed by atoms with Crippen LogP contribution in [0.15, 0.2) is 42.7 Å². The summed E-state index contributed by atoms with van der Waals surface area (Å²) >= 11 is 0. The van der Waals surface area contributed by atoms with Crippen molar-refractivity contribution in [2.45, 2.75) is 19.9 Å². The topological polar surface area (TPSA) is 50.9 Å². The highest BCUT2D eigenvalue weighted by Crippen LogP contribution is 2.14. The highest BCUT2D eigenvalue weighted by atomic mass is 14.9. The highest BCUT2D eigenvalue weighted by molar-refractivity contribution is 5.51. The lowest BCUT2D eigenvalue weighted by Crippen LogP contribution is -2.03. The van der Waals surface area contributed by atoms with Crippen molar-refractivity contribution in [1.29, 1.82) is 0 Å². The number of pyridine rings is 1. The fourth-order valence-corrected chi connectivity index (χ4v) is 1.83. The molecule has 88 valence electrons. The van der Waals surface area contributed by atoms with Crippen LogP contribution in [0, 0.1) is 0 Å². The number of anilines is 2. The molecule has 3 nitrogen and oxygen atoms in total. The maximum absolute atomic E-state index is 5.68. The minimum Gasteiger partial charge on any atom is -0.397 e. The van der Waals surface area contributed by atoms with Gasteiger partial charge in [-0.25, -0.2) is 0 Å². The second-order valence-corrected chi connectivity index (χ2v) is 3.98. The van der Waals surface area contributed by atoms with Crippen molar-refractivity contribution in [2.75, 3.05) is 11.1 Å². The van der Waals surface area contributed by atoms with Gasteiger partial charge in [0.1, 0.15) is 0 Å². The first-order chi connectivity index (χ1) is 8.29. The van der Waals surface area contributed by atoms with Gasteiger partial charge in [0.05, 0.1) is 17.6 Å². The van der Waals surface area contributed by atoms with E-state index in [1.807, 2.05) is 6.07 Å². The Hall–Kier alpha value is -2.03. The first-order valence-electron chi connectivity index (χ1n) is 5.80. The zero-order chi connectivity index (χ0) is 12.1. The second-order valence-electron chi connectivity index (χ2n) is 3.98. The quantitative estimate of drug-likeness (QED) is 0.844. The van der Waals surface area contributed by atoms with Gasteiger partial charge in [0, 0.05) is 12.7 Å². The summed E-state index contributed by atoms with van der Waals surface area (Å²) in [4.78, 5) is 4.05. The summed E-state index contributed by atoms with van der Waals surface area (Å²) in [5, 5.41) is 3.33. The molecule has 0 fully saturated rings. The van der Waals surface area contributed by atoms with Crippen LogP contribution in [0.5, 0.6) is 0 Å². The normalized spacial score (nSPS) is 10.2. The van der Waals surface area contributed by atoms with Crippen LogP contribution in [0.25, 0.3) is 0 Å². The van der Waals surface area contributed by atoms with Crippen LogP contribution in [0.1, 0.15) is 18.1 Å². The summed E-state index contributed by atoms with van der Waals surface area (Å²) in [5.74, 6) is 0. The van der Waals surface area contributed by atoms with Gasteiger partial charge in [-0.1, -0.05) is 31.2 Å². The van der Waals surface area contributed by atoms with E-state index in [2.05, 4.69) is 41.5 Å². The lowest BCUT2D eigenvalue weighted by molar-refractivity contribution is 1.04. The number of aromatic nitrogens is 1. The van der Waals surface area contributed by atoms with E-state index in [1.165, 1.54) is 11.1 Å². The van der Waals surface area contributed by atoms with E-state index in [-0.39, 0.29) is 0 Å². The van der Waals surface area contributed by atoms with Crippen molar-refractivity contribution in [3.8, 4) is 0 Å². The molecule has 0 aliphatic carbocycles. The van der Waals surface area contributed by atoms with Gasteiger partial charge in [0.15, 0.2) is 0 Å². The van der Waals surface area contributed by atoms with Gasteiger partial charge in [0.25, 0.3) is 0 Å². The lowest BCUT2D eigenvalue weighted by atomic mass is 10.1. The smallest absolute Gasteiger partial charge is 0.0550 e. The Morgan fingerprint density at radius 3 is 2.65 bits per heavy atom. The van der Waals surface area contributed by atoms with Crippen molar-refractivity contribution in [3.05, 3.63) is 53.9 Å². The van der Waals surface area contributed by atoms with Crippen molar-refractivity contribution in [2.24, 2.45) is 0 Å². The zero-order valence-electron chi connectivity index (χ0n) is 9.98. The molecule has 0 saturated heterocycles. The number of hydrogen-bond donors (Lipinski definition) is 2. The fourth-order valence-electron chi connectivity index (χ4n) is 1.83. The molecule has 0 aliphatic rings. The van der Waals surface area contributed by atoms with Crippen LogP contribution in [0.2, 0.25) is 0 Å². The molecule has 0 spiro atoms. The predicted octanol–water partition coefficient (Wildman–Crippen LogP) is 2.84. The molecule has 0 amide bonds. The number of aryl methyl sites for hydroxylation is 1. The van der Waals surface area contributed by atoms with Gasteiger partial charge in [-0.05, 0) is 23.6 Å². The van der Waals surface area contributed by atoms with E-state index in [0.717, 1.165) is 18.7 Å². The van der Waals surface area contributed by atoms with Crippen LogP contribution >= 0.6 is 0 Å². The molecule has 1 aromatic heterocycles. The van der Waals surface area contributed by atoms with Crippen molar-refractivity contribution < 1.29 is 0 Å². The molecule has 2 aromatic rings. The summed E-state index contributed by atoms with van der Waals surface area (Å²) in [5.41, 5.74) is 10.0. The Bertz CT molecular complexity index is 494. The molecule has 0 radical (unpaired) electrons. The number of nitrogens with zero attached hydrogens (tertiary/aromatic N) is 1. The lowest BCUT2D eigenvalue weighted by Gasteiger charge is -2.10. The molecular weight excluding hydrogens is 210 g/mol. The number of nitrogens with one attached hydrogen (secondary N) is 1. The van der Waals surface area contributed by atoms with E-state index in [0.29, 0.717) is 5.69 Å². The molecular formula is C14H17N3. The summed E-state index contributed by atoms with van der Waals surface area (Å²) < 4.78 is 0. The Morgan fingerprint density at radius 1 is 1.18 bits per heavy atom. The van der Waals surface area contributed by atoms with Crippen LogP contribution < -0.4 is 11.1 Å². The van der Waals surface area contributed by atoms with Crippen LogP contribution in [-0.4, -0.2) is 4.98 Å². The molecule has 2 rings (SSSR count). The number of rotatable bonds is 4. The standard InChI is InChI=1S/C14H17N3/c1-2-11-5-3-4-6-12(11)8-17-14-7-13(15)9-16-10-14/h3-7,9-10,17H,2,8,15H2,1H3. The van der Waals surface area contributed by atoms with Gasteiger partial charge in [0.2, 0.25) is 0 Å². The maximum Gasteiger partial charge on any atom is 0.0550 e. The minimum absolute atomic E-state index is 0.679. The minimum atomic E-state index is 0.679. The Labute approximate surface area is 102 Å². The first kappa shape index (κ1) is 11.5. The molecule has 0 bridgehead atoms. The monoisotopic (exact) mass is 227 g/mol. The average molecular weight is 227 g/mol. The molecule has 0 atom stereocenters. The summed E-state index contributed by atoms with van der Waals surface area (Å²) in [6.07, 6.45) is 4.48. The molecule has 0 aliphatic heterocycles. The van der Waals surface area contributed by atoms with Crippen molar-refractivity contribution in [1.82, 2.24) is 4.98 Å². The fraction of sp³-hybridized carbons (Fsp3) is 0.214. The zero-order valence-corrected chi connectivity index (χ0v) is 9.98. The van der Waals surface area contributed by atoms with Crippen molar-refractivity contribution in [3.63, 3.8) is 0 Å². The third-order valence-electron chi connectivity index (χ3n) is 2.74. The summed E-state index contributed by atoms with van der Waals surface area (Å²) in [7, 11) is 0.